The van der Waals surface area contributed by atoms with Crippen molar-refractivity contribution < 1.29 is 18.3 Å². The zero-order chi connectivity index (χ0) is 13.9. The molecule has 1 aromatic carbocycles. The summed E-state index contributed by atoms with van der Waals surface area (Å²) in [5.41, 5.74) is -0.217. The van der Waals surface area contributed by atoms with Crippen LogP contribution in [0.2, 0.25) is 5.02 Å². The maximum atomic E-state index is 12.2. The summed E-state index contributed by atoms with van der Waals surface area (Å²) in [6, 6.07) is 3.47. The van der Waals surface area contributed by atoms with Crippen molar-refractivity contribution in [3.05, 3.63) is 28.8 Å². The highest BCUT2D eigenvalue weighted by atomic mass is 35.5. The number of sulfonamides is 1. The van der Waals surface area contributed by atoms with E-state index in [1.807, 2.05) is 0 Å². The van der Waals surface area contributed by atoms with Gasteiger partial charge in [0, 0.05) is 13.1 Å². The average molecular weight is 291 g/mol. The van der Waals surface area contributed by atoms with E-state index in [4.69, 9.17) is 11.6 Å². The lowest BCUT2D eigenvalue weighted by molar-refractivity contribution is -0.255. The number of rotatable bonds is 5. The fourth-order valence-corrected chi connectivity index (χ4v) is 3.49. The van der Waals surface area contributed by atoms with Gasteiger partial charge in [-0.25, -0.2) is 8.42 Å². The van der Waals surface area contributed by atoms with Gasteiger partial charge in [-0.05, 0) is 17.7 Å². The minimum Gasteiger partial charge on any atom is -0.545 e. The van der Waals surface area contributed by atoms with Crippen LogP contribution in [0.1, 0.15) is 24.2 Å². The first-order chi connectivity index (χ1) is 8.34. The normalized spacial score (nSPS) is 11.8. The van der Waals surface area contributed by atoms with Gasteiger partial charge >= 0.3 is 0 Å². The third-order valence-corrected chi connectivity index (χ3v) is 5.02. The molecule has 0 amide bonds. The molecule has 5 nitrogen and oxygen atoms in total. The second-order valence-electron chi connectivity index (χ2n) is 3.52. The van der Waals surface area contributed by atoms with E-state index in [9.17, 15) is 18.3 Å². The second-order valence-corrected chi connectivity index (χ2v) is 5.84. The summed E-state index contributed by atoms with van der Waals surface area (Å²) in [6.45, 7) is 3.95. The highest BCUT2D eigenvalue weighted by Gasteiger charge is 2.24. The van der Waals surface area contributed by atoms with Gasteiger partial charge in [0.25, 0.3) is 0 Å². The van der Waals surface area contributed by atoms with Crippen molar-refractivity contribution in [1.82, 2.24) is 4.31 Å². The SMILES string of the molecule is CCN(CC)S(=O)(=O)c1cc(C(=O)[O-])ccc1Cl. The van der Waals surface area contributed by atoms with Crippen LogP contribution in [-0.2, 0) is 10.0 Å². The number of benzene rings is 1. The molecule has 0 heterocycles. The zero-order valence-corrected chi connectivity index (χ0v) is 11.6. The number of halogens is 1. The predicted octanol–water partition coefficient (Wildman–Crippen LogP) is 0.734. The number of carbonyl (C=O) groups is 1. The van der Waals surface area contributed by atoms with E-state index >= 15 is 0 Å². The van der Waals surface area contributed by atoms with Crippen LogP contribution >= 0.6 is 11.6 Å². The van der Waals surface area contributed by atoms with E-state index in [2.05, 4.69) is 0 Å². The van der Waals surface area contributed by atoms with Crippen LogP contribution in [-0.4, -0.2) is 31.8 Å². The van der Waals surface area contributed by atoms with E-state index in [1.54, 1.807) is 13.8 Å². The first-order valence-corrected chi connectivity index (χ1v) is 7.17. The Labute approximate surface area is 111 Å². The van der Waals surface area contributed by atoms with E-state index < -0.39 is 16.0 Å². The fourth-order valence-electron chi connectivity index (χ4n) is 1.53. The second kappa shape index (κ2) is 5.69. The van der Waals surface area contributed by atoms with Gasteiger partial charge in [0.05, 0.1) is 11.0 Å². The van der Waals surface area contributed by atoms with Gasteiger partial charge in [-0.3, -0.25) is 0 Å². The van der Waals surface area contributed by atoms with Crippen molar-refractivity contribution in [3.8, 4) is 0 Å². The highest BCUT2D eigenvalue weighted by molar-refractivity contribution is 7.89. The van der Waals surface area contributed by atoms with Crippen molar-refractivity contribution in [3.63, 3.8) is 0 Å². The minimum absolute atomic E-state index is 0.00750. The molecule has 0 saturated heterocycles. The lowest BCUT2D eigenvalue weighted by Crippen LogP contribution is -2.31. The molecule has 0 radical (unpaired) electrons. The average Bonchev–Trinajstić information content (AvgIpc) is 2.30. The number of carboxylic acids is 1. The molecule has 0 fully saturated rings. The number of nitrogens with zero attached hydrogens (tertiary/aromatic N) is 1. The van der Waals surface area contributed by atoms with Crippen LogP contribution in [0, 0.1) is 0 Å². The molecule has 1 aromatic rings. The van der Waals surface area contributed by atoms with Crippen molar-refractivity contribution in [2.45, 2.75) is 18.7 Å². The molecule has 18 heavy (non-hydrogen) atoms. The summed E-state index contributed by atoms with van der Waals surface area (Å²) >= 11 is 5.82. The summed E-state index contributed by atoms with van der Waals surface area (Å²) in [4.78, 5) is 10.5. The van der Waals surface area contributed by atoms with Crippen LogP contribution in [0.3, 0.4) is 0 Å². The molecule has 0 saturated carbocycles. The van der Waals surface area contributed by atoms with E-state index in [0.29, 0.717) is 0 Å². The molecule has 0 aliphatic carbocycles. The Hall–Kier alpha value is -1.11. The Balaban J connectivity index is 3.40. The van der Waals surface area contributed by atoms with Gasteiger partial charge in [-0.2, -0.15) is 4.31 Å². The Morgan fingerprint density at radius 1 is 1.33 bits per heavy atom. The molecule has 0 aromatic heterocycles. The Bertz CT molecular complexity index is 552. The number of hydrogen-bond acceptors (Lipinski definition) is 4. The smallest absolute Gasteiger partial charge is 0.244 e. The van der Waals surface area contributed by atoms with Crippen LogP contribution in [0.25, 0.3) is 0 Å². The van der Waals surface area contributed by atoms with E-state index in [1.165, 1.54) is 16.4 Å². The molecule has 0 N–H and O–H groups in total. The topological polar surface area (TPSA) is 77.5 Å². The van der Waals surface area contributed by atoms with Crippen LogP contribution in [0.15, 0.2) is 23.1 Å². The summed E-state index contributed by atoms with van der Waals surface area (Å²) in [6.07, 6.45) is 0. The Kier molecular flexibility index (Phi) is 4.72. The van der Waals surface area contributed by atoms with Crippen molar-refractivity contribution in [2.75, 3.05) is 13.1 Å². The van der Waals surface area contributed by atoms with E-state index in [-0.39, 0.29) is 28.6 Å². The predicted molar refractivity (Wildman–Crippen MR) is 65.9 cm³/mol. The molecule has 0 spiro atoms. The molecule has 0 aliphatic heterocycles. The zero-order valence-electron chi connectivity index (χ0n) is 10.0. The third kappa shape index (κ3) is 2.82. The molecule has 0 aliphatic rings. The molecule has 7 heteroatoms. The summed E-state index contributed by atoms with van der Waals surface area (Å²) in [7, 11) is -3.78. The van der Waals surface area contributed by atoms with Gasteiger partial charge in [-0.1, -0.05) is 31.5 Å². The Morgan fingerprint density at radius 2 is 1.89 bits per heavy atom. The van der Waals surface area contributed by atoms with Gasteiger partial charge in [-0.15, -0.1) is 0 Å². The summed E-state index contributed by atoms with van der Waals surface area (Å²) < 4.78 is 25.6. The first-order valence-electron chi connectivity index (χ1n) is 5.35. The lowest BCUT2D eigenvalue weighted by Gasteiger charge is -2.19. The number of aromatic carboxylic acids is 1. The molecular weight excluding hydrogens is 278 g/mol. The monoisotopic (exact) mass is 290 g/mol. The first kappa shape index (κ1) is 14.9. The maximum absolute atomic E-state index is 12.2. The third-order valence-electron chi connectivity index (χ3n) is 2.49. The molecule has 0 unspecified atom stereocenters. The lowest BCUT2D eigenvalue weighted by atomic mass is 10.2. The summed E-state index contributed by atoms with van der Waals surface area (Å²) in [5, 5.41) is 10.7. The van der Waals surface area contributed by atoms with Crippen LogP contribution < -0.4 is 5.11 Å². The highest BCUT2D eigenvalue weighted by Crippen LogP contribution is 2.25. The molecular formula is C11H13ClNO4S-. The van der Waals surface area contributed by atoms with Crippen molar-refractivity contribution in [2.24, 2.45) is 0 Å². The maximum Gasteiger partial charge on any atom is 0.244 e. The largest absolute Gasteiger partial charge is 0.545 e. The van der Waals surface area contributed by atoms with Crippen molar-refractivity contribution >= 4 is 27.6 Å². The fraction of sp³-hybridized carbons (Fsp3) is 0.364. The molecule has 100 valence electrons. The van der Waals surface area contributed by atoms with Crippen LogP contribution in [0.5, 0.6) is 0 Å². The number of carbonyl (C=O) groups excluding carboxylic acids is 1. The van der Waals surface area contributed by atoms with Crippen LogP contribution in [0.4, 0.5) is 0 Å². The van der Waals surface area contributed by atoms with Gasteiger partial charge in [0.1, 0.15) is 4.90 Å². The molecule has 1 rings (SSSR count). The van der Waals surface area contributed by atoms with Crippen molar-refractivity contribution in [1.29, 1.82) is 0 Å². The quantitative estimate of drug-likeness (QED) is 0.801. The number of carboxylic acid groups (broad SMARTS) is 1. The Morgan fingerprint density at radius 3 is 2.33 bits per heavy atom. The summed E-state index contributed by atoms with van der Waals surface area (Å²) in [5.74, 6) is -1.44. The van der Waals surface area contributed by atoms with Gasteiger partial charge < -0.3 is 9.90 Å². The molecule has 0 bridgehead atoms. The number of hydrogen-bond donors (Lipinski definition) is 0. The molecule has 0 atom stereocenters. The standard InChI is InChI=1S/C11H14ClNO4S/c1-3-13(4-2)18(16,17)10-7-8(11(14)15)5-6-9(10)12/h5-7H,3-4H2,1-2H3,(H,14,15)/p-1. The minimum atomic E-state index is -3.78. The van der Waals surface area contributed by atoms with Gasteiger partial charge in [0.15, 0.2) is 0 Å². The van der Waals surface area contributed by atoms with E-state index in [0.717, 1.165) is 6.07 Å². The van der Waals surface area contributed by atoms with Gasteiger partial charge in [0.2, 0.25) is 10.0 Å².